The fraction of sp³-hybridized carbons (Fsp3) is 0.278. The normalized spacial score (nSPS) is 11.0. The smallest absolute Gasteiger partial charge is 0.262 e. The van der Waals surface area contributed by atoms with Crippen molar-refractivity contribution >= 4 is 38.9 Å². The summed E-state index contributed by atoms with van der Waals surface area (Å²) >= 11 is 7.50. The van der Waals surface area contributed by atoms with Crippen molar-refractivity contribution in [2.24, 2.45) is 0 Å². The molecule has 3 aromatic rings. The van der Waals surface area contributed by atoms with E-state index >= 15 is 0 Å². The van der Waals surface area contributed by atoms with Crippen LogP contribution in [0.15, 0.2) is 35.4 Å². The van der Waals surface area contributed by atoms with Gasteiger partial charge in [-0.3, -0.25) is 14.2 Å². The van der Waals surface area contributed by atoms with Crippen LogP contribution in [0, 0.1) is 0 Å². The average Bonchev–Trinajstić information content (AvgIpc) is 3.02. The summed E-state index contributed by atoms with van der Waals surface area (Å²) in [5, 5.41) is 1.10. The molecule has 0 atom stereocenters. The Hall–Kier alpha value is -2.18. The molecule has 0 spiro atoms. The number of carbonyl (C=O) groups is 1. The van der Waals surface area contributed by atoms with Crippen LogP contribution < -0.4 is 10.3 Å². The fourth-order valence-electron chi connectivity index (χ4n) is 2.64. The van der Waals surface area contributed by atoms with Gasteiger partial charge in [0.2, 0.25) is 0 Å². The van der Waals surface area contributed by atoms with Crippen LogP contribution in [-0.4, -0.2) is 22.4 Å². The molecule has 2 aromatic heterocycles. The number of methoxy groups -OCH3 is 1. The molecule has 0 aliphatic rings. The van der Waals surface area contributed by atoms with Crippen molar-refractivity contribution in [3.63, 3.8) is 0 Å². The number of fused-ring (bicyclic) bond motifs is 1. The van der Waals surface area contributed by atoms with E-state index in [4.69, 9.17) is 16.3 Å². The van der Waals surface area contributed by atoms with Crippen LogP contribution in [0.3, 0.4) is 0 Å². The third-order valence-corrected chi connectivity index (χ3v) is 5.32. The summed E-state index contributed by atoms with van der Waals surface area (Å²) in [6.07, 6.45) is 2.43. The van der Waals surface area contributed by atoms with Crippen LogP contribution in [0.1, 0.15) is 17.4 Å². The lowest BCUT2D eigenvalue weighted by molar-refractivity contribution is -0.119. The Morgan fingerprint density at radius 1 is 1.36 bits per heavy atom. The second-order valence-corrected chi connectivity index (χ2v) is 7.19. The molecule has 0 radical (unpaired) electrons. The Bertz CT molecular complexity index is 994. The van der Waals surface area contributed by atoms with Crippen molar-refractivity contribution in [2.75, 3.05) is 7.11 Å². The number of aromatic nitrogens is 2. The Morgan fingerprint density at radius 3 is 2.88 bits per heavy atom. The second-order valence-electron chi connectivity index (χ2n) is 5.63. The molecule has 0 aliphatic carbocycles. The monoisotopic (exact) mass is 376 g/mol. The molecule has 0 N–H and O–H groups in total. The van der Waals surface area contributed by atoms with E-state index in [1.54, 1.807) is 25.3 Å². The number of rotatable bonds is 6. The molecule has 0 unspecified atom stereocenters. The van der Waals surface area contributed by atoms with Gasteiger partial charge < -0.3 is 4.74 Å². The highest BCUT2D eigenvalue weighted by atomic mass is 35.5. The molecule has 0 aliphatic heterocycles. The summed E-state index contributed by atoms with van der Waals surface area (Å²) in [5.74, 6) is 0.485. The number of thiophene rings is 1. The third-order valence-electron chi connectivity index (χ3n) is 3.89. The number of Topliss-reactive ketones (excluding diaryl/α,β-unsaturated/α-hetero) is 1. The summed E-state index contributed by atoms with van der Waals surface area (Å²) in [4.78, 5) is 31.1. The zero-order chi connectivity index (χ0) is 18.0. The van der Waals surface area contributed by atoms with Gasteiger partial charge in [0.1, 0.15) is 10.6 Å². The minimum atomic E-state index is -0.188. The molecule has 5 nitrogen and oxygen atoms in total. The maximum absolute atomic E-state index is 12.6. The minimum Gasteiger partial charge on any atom is -0.496 e. The highest BCUT2D eigenvalue weighted by Crippen LogP contribution is 2.24. The largest absolute Gasteiger partial charge is 0.496 e. The van der Waals surface area contributed by atoms with Crippen molar-refractivity contribution in [1.82, 2.24) is 9.55 Å². The summed E-state index contributed by atoms with van der Waals surface area (Å²) in [6, 6.07) is 6.99. The van der Waals surface area contributed by atoms with Gasteiger partial charge in [0, 0.05) is 21.9 Å². The van der Waals surface area contributed by atoms with E-state index in [1.165, 1.54) is 22.2 Å². The topological polar surface area (TPSA) is 61.2 Å². The van der Waals surface area contributed by atoms with Crippen molar-refractivity contribution in [3.05, 3.63) is 56.4 Å². The number of aryl methyl sites for hydroxylation is 1. The highest BCUT2D eigenvalue weighted by molar-refractivity contribution is 7.18. The minimum absolute atomic E-state index is 0.0330. The molecular weight excluding hydrogens is 360 g/mol. The van der Waals surface area contributed by atoms with E-state index in [0.29, 0.717) is 26.6 Å². The molecule has 2 heterocycles. The van der Waals surface area contributed by atoms with Crippen LogP contribution in [0.5, 0.6) is 5.75 Å². The van der Waals surface area contributed by atoms with E-state index in [-0.39, 0.29) is 24.3 Å². The van der Waals surface area contributed by atoms with Crippen molar-refractivity contribution < 1.29 is 9.53 Å². The number of hydrogen-bond acceptors (Lipinski definition) is 5. The summed E-state index contributed by atoms with van der Waals surface area (Å²) in [6.45, 7) is 2.00. The van der Waals surface area contributed by atoms with Gasteiger partial charge in [-0.15, -0.1) is 11.3 Å². The number of halogens is 1. The predicted octanol–water partition coefficient (Wildman–Crippen LogP) is 3.49. The lowest BCUT2D eigenvalue weighted by Gasteiger charge is -2.09. The van der Waals surface area contributed by atoms with Crippen molar-refractivity contribution in [3.8, 4) is 5.75 Å². The van der Waals surface area contributed by atoms with Crippen molar-refractivity contribution in [2.45, 2.75) is 26.3 Å². The number of benzene rings is 1. The van der Waals surface area contributed by atoms with E-state index in [9.17, 15) is 9.59 Å². The highest BCUT2D eigenvalue weighted by Gasteiger charge is 2.13. The number of ketones is 1. The van der Waals surface area contributed by atoms with Crippen LogP contribution >= 0.6 is 22.9 Å². The molecule has 1 aromatic carbocycles. The summed E-state index contributed by atoms with van der Waals surface area (Å²) in [7, 11) is 1.54. The Labute approximate surface area is 153 Å². The van der Waals surface area contributed by atoms with Crippen LogP contribution in [0.2, 0.25) is 5.02 Å². The predicted molar refractivity (Wildman–Crippen MR) is 100.0 cm³/mol. The van der Waals surface area contributed by atoms with Gasteiger partial charge in [0.05, 0.1) is 25.4 Å². The Balaban J connectivity index is 1.84. The van der Waals surface area contributed by atoms with Gasteiger partial charge >= 0.3 is 0 Å². The van der Waals surface area contributed by atoms with E-state index in [0.717, 1.165) is 11.3 Å². The lowest BCUT2D eigenvalue weighted by atomic mass is 10.1. The van der Waals surface area contributed by atoms with Crippen LogP contribution in [0.4, 0.5) is 0 Å². The van der Waals surface area contributed by atoms with Crippen LogP contribution in [0.25, 0.3) is 10.2 Å². The first-order valence-corrected chi connectivity index (χ1v) is 9.03. The Morgan fingerprint density at radius 2 is 2.16 bits per heavy atom. The van der Waals surface area contributed by atoms with Gasteiger partial charge in [-0.1, -0.05) is 18.5 Å². The number of carbonyl (C=O) groups excluding carboxylic acids is 1. The average molecular weight is 377 g/mol. The van der Waals surface area contributed by atoms with Gasteiger partial charge in [-0.25, -0.2) is 4.98 Å². The maximum Gasteiger partial charge on any atom is 0.262 e. The maximum atomic E-state index is 12.6. The molecule has 0 amide bonds. The molecule has 7 heteroatoms. The van der Waals surface area contributed by atoms with Crippen molar-refractivity contribution in [1.29, 1.82) is 0 Å². The quantitative estimate of drug-likeness (QED) is 0.660. The lowest BCUT2D eigenvalue weighted by Crippen LogP contribution is -2.25. The summed E-state index contributed by atoms with van der Waals surface area (Å²) in [5.41, 5.74) is 0.512. The number of hydrogen-bond donors (Lipinski definition) is 0. The number of nitrogens with zero attached hydrogens (tertiary/aromatic N) is 2. The van der Waals surface area contributed by atoms with E-state index in [1.807, 2.05) is 13.0 Å². The molecule has 130 valence electrons. The van der Waals surface area contributed by atoms with Gasteiger partial charge in [0.25, 0.3) is 5.56 Å². The zero-order valence-corrected chi connectivity index (χ0v) is 15.5. The first-order valence-electron chi connectivity index (χ1n) is 7.83. The van der Waals surface area contributed by atoms with E-state index < -0.39 is 0 Å². The molecule has 25 heavy (non-hydrogen) atoms. The van der Waals surface area contributed by atoms with Gasteiger partial charge in [-0.05, 0) is 30.7 Å². The molecular formula is C18H17ClN2O3S. The number of ether oxygens (including phenoxy) is 1. The van der Waals surface area contributed by atoms with Gasteiger partial charge in [0.15, 0.2) is 5.78 Å². The second kappa shape index (κ2) is 7.37. The SMILES string of the molecule is CCc1cc2c(=O)n(CC(=O)Cc3cc(Cl)ccc3OC)cnc2s1. The Kier molecular flexibility index (Phi) is 5.20. The third kappa shape index (κ3) is 3.75. The molecule has 3 rings (SSSR count). The van der Waals surface area contributed by atoms with Crippen LogP contribution in [-0.2, 0) is 24.2 Å². The molecule has 0 fully saturated rings. The molecule has 0 saturated carbocycles. The van der Waals surface area contributed by atoms with Gasteiger partial charge in [-0.2, -0.15) is 0 Å². The first kappa shape index (κ1) is 17.6. The van der Waals surface area contributed by atoms with E-state index in [2.05, 4.69) is 4.98 Å². The summed E-state index contributed by atoms with van der Waals surface area (Å²) < 4.78 is 6.61. The standard InChI is InChI=1S/C18H17ClN2O3S/c1-3-14-8-15-17(25-14)20-10-21(18(15)23)9-13(22)7-11-6-12(19)4-5-16(11)24-2/h4-6,8,10H,3,7,9H2,1-2H3. The molecule has 0 saturated heterocycles. The zero-order valence-electron chi connectivity index (χ0n) is 13.9. The first-order chi connectivity index (χ1) is 12.0. The fourth-order valence-corrected chi connectivity index (χ4v) is 3.76. The molecule has 0 bridgehead atoms.